The van der Waals surface area contributed by atoms with E-state index in [1.807, 2.05) is 26.0 Å². The highest BCUT2D eigenvalue weighted by Crippen LogP contribution is 2.37. The zero-order valence-electron chi connectivity index (χ0n) is 13.6. The van der Waals surface area contributed by atoms with Gasteiger partial charge in [-0.2, -0.15) is 0 Å². The van der Waals surface area contributed by atoms with Crippen LogP contribution in [0.3, 0.4) is 0 Å². The second-order valence-electron chi connectivity index (χ2n) is 5.00. The summed E-state index contributed by atoms with van der Waals surface area (Å²) in [5.74, 6) is 0.865. The van der Waals surface area contributed by atoms with Crippen molar-refractivity contribution in [2.24, 2.45) is 0 Å². The molecule has 0 radical (unpaired) electrons. The van der Waals surface area contributed by atoms with Gasteiger partial charge >= 0.3 is 0 Å². The average Bonchev–Trinajstić information content (AvgIpc) is 2.56. The van der Waals surface area contributed by atoms with Crippen molar-refractivity contribution in [3.63, 3.8) is 0 Å². The highest BCUT2D eigenvalue weighted by molar-refractivity contribution is 9.10. The monoisotopic (exact) mass is 411 g/mol. The Morgan fingerprint density at radius 1 is 1.21 bits per heavy atom. The first-order valence-electron chi connectivity index (χ1n) is 7.71. The fraction of sp³-hybridized carbons (Fsp3) is 0.278. The minimum absolute atomic E-state index is 0.271. The number of carbonyl (C=O) groups is 1. The standard InChI is InChI=1S/C18H19BrClNO3/c1-3-9-24-17-13(19)10-12(11-16(17)23-4-2)18(22)21-15-8-6-5-7-14(15)20/h5-8,10-11H,3-4,9H2,1-2H3,(H,21,22). The number of benzene rings is 2. The summed E-state index contributed by atoms with van der Waals surface area (Å²) in [6, 6.07) is 10.5. The Bertz CT molecular complexity index is 721. The third kappa shape index (κ3) is 4.65. The predicted octanol–water partition coefficient (Wildman–Crippen LogP) is 5.54. The maximum absolute atomic E-state index is 12.5. The first-order chi connectivity index (χ1) is 11.6. The van der Waals surface area contributed by atoms with Crippen molar-refractivity contribution in [3.05, 3.63) is 51.5 Å². The van der Waals surface area contributed by atoms with Gasteiger partial charge in [0.25, 0.3) is 5.91 Å². The van der Waals surface area contributed by atoms with Gasteiger partial charge in [0.2, 0.25) is 0 Å². The van der Waals surface area contributed by atoms with Crippen molar-refractivity contribution < 1.29 is 14.3 Å². The highest BCUT2D eigenvalue weighted by Gasteiger charge is 2.16. The van der Waals surface area contributed by atoms with Crippen molar-refractivity contribution in [2.45, 2.75) is 20.3 Å². The maximum atomic E-state index is 12.5. The van der Waals surface area contributed by atoms with E-state index in [1.54, 1.807) is 24.3 Å². The molecule has 0 unspecified atom stereocenters. The van der Waals surface area contributed by atoms with Crippen LogP contribution in [0, 0.1) is 0 Å². The van der Waals surface area contributed by atoms with E-state index < -0.39 is 0 Å². The Labute approximate surface area is 155 Å². The van der Waals surface area contributed by atoms with E-state index in [1.165, 1.54) is 0 Å². The third-order valence-corrected chi connectivity index (χ3v) is 4.06. The summed E-state index contributed by atoms with van der Waals surface area (Å²) >= 11 is 9.54. The largest absolute Gasteiger partial charge is 0.490 e. The summed E-state index contributed by atoms with van der Waals surface area (Å²) in [6.45, 7) is 4.96. The Hall–Kier alpha value is -1.72. The van der Waals surface area contributed by atoms with Gasteiger partial charge in [-0.3, -0.25) is 4.79 Å². The van der Waals surface area contributed by atoms with Gasteiger partial charge in [0.15, 0.2) is 11.5 Å². The van der Waals surface area contributed by atoms with Crippen LogP contribution >= 0.6 is 27.5 Å². The van der Waals surface area contributed by atoms with Crippen molar-refractivity contribution in [2.75, 3.05) is 18.5 Å². The molecule has 0 fully saturated rings. The van der Waals surface area contributed by atoms with Crippen LogP contribution in [0.5, 0.6) is 11.5 Å². The zero-order chi connectivity index (χ0) is 17.5. The Balaban J connectivity index is 2.29. The lowest BCUT2D eigenvalue weighted by molar-refractivity contribution is 0.102. The molecule has 0 aromatic heterocycles. The SMILES string of the molecule is CCCOc1c(Br)cc(C(=O)Nc2ccccc2Cl)cc1OCC. The number of hydrogen-bond acceptors (Lipinski definition) is 3. The molecule has 128 valence electrons. The first-order valence-corrected chi connectivity index (χ1v) is 8.88. The van der Waals surface area contributed by atoms with Crippen LogP contribution in [-0.4, -0.2) is 19.1 Å². The molecule has 0 bridgehead atoms. The predicted molar refractivity (Wildman–Crippen MR) is 101 cm³/mol. The molecule has 1 N–H and O–H groups in total. The number of para-hydroxylation sites is 1. The van der Waals surface area contributed by atoms with Crippen LogP contribution in [0.15, 0.2) is 40.9 Å². The van der Waals surface area contributed by atoms with Gasteiger partial charge in [-0.25, -0.2) is 0 Å². The number of halogens is 2. The van der Waals surface area contributed by atoms with Crippen LogP contribution in [0.4, 0.5) is 5.69 Å². The van der Waals surface area contributed by atoms with Gasteiger partial charge < -0.3 is 14.8 Å². The fourth-order valence-electron chi connectivity index (χ4n) is 2.06. The zero-order valence-corrected chi connectivity index (χ0v) is 15.9. The quantitative estimate of drug-likeness (QED) is 0.649. The van der Waals surface area contributed by atoms with E-state index >= 15 is 0 Å². The maximum Gasteiger partial charge on any atom is 0.255 e. The van der Waals surface area contributed by atoms with Crippen LogP contribution in [0.25, 0.3) is 0 Å². The molecule has 2 rings (SSSR count). The van der Waals surface area contributed by atoms with Crippen LogP contribution in [0.2, 0.25) is 5.02 Å². The number of amides is 1. The van der Waals surface area contributed by atoms with Crippen LogP contribution < -0.4 is 14.8 Å². The minimum Gasteiger partial charge on any atom is -0.490 e. The third-order valence-electron chi connectivity index (χ3n) is 3.14. The summed E-state index contributed by atoms with van der Waals surface area (Å²) in [4.78, 5) is 12.5. The Morgan fingerprint density at radius 3 is 2.62 bits per heavy atom. The number of carbonyl (C=O) groups excluding carboxylic acids is 1. The van der Waals surface area contributed by atoms with Gasteiger partial charge in [0.05, 0.1) is 28.4 Å². The first kappa shape index (κ1) is 18.6. The minimum atomic E-state index is -0.271. The van der Waals surface area contributed by atoms with Gasteiger partial charge in [0, 0.05) is 5.56 Å². The molecule has 2 aromatic rings. The van der Waals surface area contributed by atoms with Crippen molar-refractivity contribution >= 4 is 39.1 Å². The van der Waals surface area contributed by atoms with E-state index in [0.29, 0.717) is 45.5 Å². The Morgan fingerprint density at radius 2 is 1.96 bits per heavy atom. The molecule has 1 amide bonds. The van der Waals surface area contributed by atoms with Crippen molar-refractivity contribution in [3.8, 4) is 11.5 Å². The Kier molecular flexibility index (Phi) is 6.94. The molecule has 0 saturated heterocycles. The molecule has 24 heavy (non-hydrogen) atoms. The number of anilines is 1. The van der Waals surface area contributed by atoms with Crippen LogP contribution in [-0.2, 0) is 0 Å². The molecule has 0 saturated carbocycles. The van der Waals surface area contributed by atoms with Gasteiger partial charge in [0.1, 0.15) is 0 Å². The lowest BCUT2D eigenvalue weighted by Crippen LogP contribution is -2.13. The molecule has 0 heterocycles. The second-order valence-corrected chi connectivity index (χ2v) is 6.26. The summed E-state index contributed by atoms with van der Waals surface area (Å²) < 4.78 is 12.0. The molecule has 6 heteroatoms. The molecule has 2 aromatic carbocycles. The molecule has 0 atom stereocenters. The van der Waals surface area contributed by atoms with E-state index in [0.717, 1.165) is 6.42 Å². The lowest BCUT2D eigenvalue weighted by Gasteiger charge is -2.15. The number of nitrogens with one attached hydrogen (secondary N) is 1. The number of rotatable bonds is 7. The van der Waals surface area contributed by atoms with E-state index in [-0.39, 0.29) is 5.91 Å². The molecule has 0 spiro atoms. The summed E-state index contributed by atoms with van der Waals surface area (Å²) in [6.07, 6.45) is 0.882. The van der Waals surface area contributed by atoms with Gasteiger partial charge in [-0.1, -0.05) is 30.7 Å². The summed E-state index contributed by atoms with van der Waals surface area (Å²) in [5, 5.41) is 3.28. The normalized spacial score (nSPS) is 10.3. The van der Waals surface area contributed by atoms with E-state index in [2.05, 4.69) is 21.2 Å². The van der Waals surface area contributed by atoms with Gasteiger partial charge in [-0.05, 0) is 53.5 Å². The number of hydrogen-bond donors (Lipinski definition) is 1. The summed E-state index contributed by atoms with van der Waals surface area (Å²) in [7, 11) is 0. The topological polar surface area (TPSA) is 47.6 Å². The van der Waals surface area contributed by atoms with Crippen LogP contribution in [0.1, 0.15) is 30.6 Å². The van der Waals surface area contributed by atoms with E-state index in [9.17, 15) is 4.79 Å². The average molecular weight is 413 g/mol. The lowest BCUT2D eigenvalue weighted by atomic mass is 10.1. The summed E-state index contributed by atoms with van der Waals surface area (Å²) in [5.41, 5.74) is 1.01. The van der Waals surface area contributed by atoms with Crippen molar-refractivity contribution in [1.29, 1.82) is 0 Å². The molecular formula is C18H19BrClNO3. The molecule has 4 nitrogen and oxygen atoms in total. The molecule has 0 aliphatic heterocycles. The number of ether oxygens (including phenoxy) is 2. The van der Waals surface area contributed by atoms with Crippen molar-refractivity contribution in [1.82, 2.24) is 0 Å². The highest BCUT2D eigenvalue weighted by atomic mass is 79.9. The molecule has 0 aliphatic rings. The molecular weight excluding hydrogens is 394 g/mol. The fourth-order valence-corrected chi connectivity index (χ4v) is 2.80. The molecule has 0 aliphatic carbocycles. The van der Waals surface area contributed by atoms with E-state index in [4.69, 9.17) is 21.1 Å². The second kappa shape index (κ2) is 8.94. The smallest absolute Gasteiger partial charge is 0.255 e. The van der Waals surface area contributed by atoms with Gasteiger partial charge in [-0.15, -0.1) is 0 Å².